The fourth-order valence-corrected chi connectivity index (χ4v) is 3.03. The van der Waals surface area contributed by atoms with Gasteiger partial charge in [0.2, 0.25) is 0 Å². The second kappa shape index (κ2) is 8.71. The molecule has 1 aromatic heterocycles. The molecule has 0 aliphatic carbocycles. The summed E-state index contributed by atoms with van der Waals surface area (Å²) < 4.78 is 20.8. The molecule has 0 radical (unpaired) electrons. The Morgan fingerprint density at radius 2 is 2.00 bits per heavy atom. The maximum absolute atomic E-state index is 13.5. The van der Waals surface area contributed by atoms with Crippen LogP contribution in [0.25, 0.3) is 5.69 Å². The number of hydrazone groups is 1. The standard InChI is InChI=1S/C21H19ClFN3O2/c1-14-10-16(15(2)26(14)18-7-5-6-17(23)11-18)12-24-25-21(27)13-28-20-9-4-3-8-19(20)22/h3-12H,13H2,1-2H3,(H,25,27)/b24-12-. The molecular formula is C21H19ClFN3O2. The average Bonchev–Trinajstić information content (AvgIpc) is 2.94. The van der Waals surface area contributed by atoms with E-state index in [1.165, 1.54) is 12.1 Å². The summed E-state index contributed by atoms with van der Waals surface area (Å²) in [6.45, 7) is 3.62. The molecule has 2 aromatic carbocycles. The summed E-state index contributed by atoms with van der Waals surface area (Å²) in [6, 6.07) is 15.2. The van der Waals surface area contributed by atoms with Crippen molar-refractivity contribution in [1.29, 1.82) is 0 Å². The molecule has 3 rings (SSSR count). The quantitative estimate of drug-likeness (QED) is 0.493. The first-order valence-corrected chi connectivity index (χ1v) is 8.97. The fraction of sp³-hybridized carbons (Fsp3) is 0.143. The number of carbonyl (C=O) groups excluding carboxylic acids is 1. The highest BCUT2D eigenvalue weighted by atomic mass is 35.5. The van der Waals surface area contributed by atoms with E-state index in [-0.39, 0.29) is 12.4 Å². The summed E-state index contributed by atoms with van der Waals surface area (Å²) in [7, 11) is 0. The number of amides is 1. The van der Waals surface area contributed by atoms with Crippen LogP contribution in [0.5, 0.6) is 5.75 Å². The van der Waals surface area contributed by atoms with Crippen molar-refractivity contribution in [2.45, 2.75) is 13.8 Å². The normalized spacial score (nSPS) is 11.0. The summed E-state index contributed by atoms with van der Waals surface area (Å²) in [6.07, 6.45) is 1.55. The minimum absolute atomic E-state index is 0.205. The monoisotopic (exact) mass is 399 g/mol. The minimum Gasteiger partial charge on any atom is -0.482 e. The smallest absolute Gasteiger partial charge is 0.277 e. The molecule has 1 heterocycles. The predicted molar refractivity (Wildman–Crippen MR) is 108 cm³/mol. The molecule has 0 saturated carbocycles. The first-order chi connectivity index (χ1) is 13.5. The molecule has 0 aliphatic heterocycles. The van der Waals surface area contributed by atoms with Crippen LogP contribution in [-0.4, -0.2) is 23.3 Å². The molecule has 0 bridgehead atoms. The van der Waals surface area contributed by atoms with Gasteiger partial charge in [-0.05, 0) is 50.2 Å². The third-order valence-corrected chi connectivity index (χ3v) is 4.44. The van der Waals surface area contributed by atoms with Crippen molar-refractivity contribution >= 4 is 23.7 Å². The van der Waals surface area contributed by atoms with Crippen molar-refractivity contribution in [2.75, 3.05) is 6.61 Å². The Morgan fingerprint density at radius 1 is 1.21 bits per heavy atom. The number of carbonyl (C=O) groups is 1. The number of benzene rings is 2. The van der Waals surface area contributed by atoms with E-state index in [4.69, 9.17) is 16.3 Å². The van der Waals surface area contributed by atoms with Crippen molar-refractivity contribution in [2.24, 2.45) is 5.10 Å². The third-order valence-electron chi connectivity index (χ3n) is 4.12. The molecule has 1 amide bonds. The second-order valence-corrected chi connectivity index (χ2v) is 6.56. The highest BCUT2D eigenvalue weighted by Gasteiger charge is 2.10. The largest absolute Gasteiger partial charge is 0.482 e. The maximum atomic E-state index is 13.5. The van der Waals surface area contributed by atoms with Crippen LogP contribution in [-0.2, 0) is 4.79 Å². The van der Waals surface area contributed by atoms with Crippen molar-refractivity contribution in [1.82, 2.24) is 9.99 Å². The summed E-state index contributed by atoms with van der Waals surface area (Å²) in [4.78, 5) is 11.9. The molecule has 3 aromatic rings. The Bertz CT molecular complexity index is 1030. The number of aryl methyl sites for hydroxylation is 1. The summed E-state index contributed by atoms with van der Waals surface area (Å²) in [5.41, 5.74) is 5.77. The van der Waals surface area contributed by atoms with Gasteiger partial charge in [-0.15, -0.1) is 0 Å². The fourth-order valence-electron chi connectivity index (χ4n) is 2.84. The van der Waals surface area contributed by atoms with Crippen LogP contribution >= 0.6 is 11.6 Å². The van der Waals surface area contributed by atoms with Crippen LogP contribution in [0.1, 0.15) is 17.0 Å². The predicted octanol–water partition coefficient (Wildman–Crippen LogP) is 4.42. The highest BCUT2D eigenvalue weighted by molar-refractivity contribution is 6.32. The van der Waals surface area contributed by atoms with Gasteiger partial charge in [0, 0.05) is 22.6 Å². The Morgan fingerprint density at radius 3 is 2.75 bits per heavy atom. The molecule has 0 fully saturated rings. The number of nitrogens with zero attached hydrogens (tertiary/aromatic N) is 2. The average molecular weight is 400 g/mol. The SMILES string of the molecule is Cc1cc(/C=N\NC(=O)COc2ccccc2Cl)c(C)n1-c1cccc(F)c1. The molecule has 0 aliphatic rings. The number of rotatable bonds is 6. The van der Waals surface area contributed by atoms with E-state index in [1.54, 1.807) is 36.5 Å². The van der Waals surface area contributed by atoms with Crippen molar-refractivity contribution in [3.63, 3.8) is 0 Å². The molecular weight excluding hydrogens is 381 g/mol. The van der Waals surface area contributed by atoms with Crippen LogP contribution in [0.2, 0.25) is 5.02 Å². The summed E-state index contributed by atoms with van der Waals surface area (Å²) in [5, 5.41) is 4.41. The lowest BCUT2D eigenvalue weighted by atomic mass is 10.2. The molecule has 28 heavy (non-hydrogen) atoms. The van der Waals surface area contributed by atoms with Gasteiger partial charge in [-0.3, -0.25) is 4.79 Å². The first-order valence-electron chi connectivity index (χ1n) is 8.60. The third kappa shape index (κ3) is 4.58. The summed E-state index contributed by atoms with van der Waals surface area (Å²) >= 11 is 5.97. The molecule has 0 atom stereocenters. The maximum Gasteiger partial charge on any atom is 0.277 e. The zero-order valence-corrected chi connectivity index (χ0v) is 16.2. The van der Waals surface area contributed by atoms with Crippen LogP contribution < -0.4 is 10.2 Å². The first kappa shape index (κ1) is 19.6. The number of hydrogen-bond donors (Lipinski definition) is 1. The van der Waals surface area contributed by atoms with Crippen LogP contribution in [0.4, 0.5) is 4.39 Å². The van der Waals surface area contributed by atoms with Crippen molar-refractivity contribution < 1.29 is 13.9 Å². The zero-order valence-electron chi connectivity index (χ0n) is 15.4. The van der Waals surface area contributed by atoms with Gasteiger partial charge in [0.05, 0.1) is 11.2 Å². The van der Waals surface area contributed by atoms with Gasteiger partial charge < -0.3 is 9.30 Å². The van der Waals surface area contributed by atoms with Crippen molar-refractivity contribution in [3.05, 3.63) is 82.4 Å². The van der Waals surface area contributed by atoms with E-state index in [0.29, 0.717) is 10.8 Å². The number of para-hydroxylation sites is 1. The molecule has 144 valence electrons. The van der Waals surface area contributed by atoms with E-state index in [2.05, 4.69) is 10.5 Å². The number of ether oxygens (including phenoxy) is 1. The van der Waals surface area contributed by atoms with E-state index >= 15 is 0 Å². The van der Waals surface area contributed by atoms with E-state index < -0.39 is 5.91 Å². The van der Waals surface area contributed by atoms with Gasteiger partial charge >= 0.3 is 0 Å². The summed E-state index contributed by atoms with van der Waals surface area (Å²) in [5.74, 6) is -0.275. The van der Waals surface area contributed by atoms with E-state index in [9.17, 15) is 9.18 Å². The van der Waals surface area contributed by atoms with Gasteiger partial charge in [-0.1, -0.05) is 29.8 Å². The molecule has 0 spiro atoms. The Kier molecular flexibility index (Phi) is 6.11. The second-order valence-electron chi connectivity index (χ2n) is 6.15. The van der Waals surface area contributed by atoms with Crippen molar-refractivity contribution in [3.8, 4) is 11.4 Å². The van der Waals surface area contributed by atoms with Gasteiger partial charge in [0.1, 0.15) is 11.6 Å². The molecule has 0 saturated heterocycles. The Labute approximate surface area is 167 Å². The van der Waals surface area contributed by atoms with E-state index in [0.717, 1.165) is 22.6 Å². The number of halogens is 2. The van der Waals surface area contributed by atoms with Gasteiger partial charge in [0.15, 0.2) is 6.61 Å². The van der Waals surface area contributed by atoms with Crippen LogP contribution in [0, 0.1) is 19.7 Å². The van der Waals surface area contributed by atoms with Crippen LogP contribution in [0.3, 0.4) is 0 Å². The molecule has 1 N–H and O–H groups in total. The van der Waals surface area contributed by atoms with Gasteiger partial charge in [-0.25, -0.2) is 9.82 Å². The van der Waals surface area contributed by atoms with Crippen LogP contribution in [0.15, 0.2) is 59.7 Å². The Hall–Kier alpha value is -3.12. The van der Waals surface area contributed by atoms with Gasteiger partial charge in [-0.2, -0.15) is 5.10 Å². The number of nitrogens with one attached hydrogen (secondary N) is 1. The lowest BCUT2D eigenvalue weighted by Gasteiger charge is -2.09. The lowest BCUT2D eigenvalue weighted by Crippen LogP contribution is -2.24. The van der Waals surface area contributed by atoms with E-state index in [1.807, 2.05) is 30.5 Å². The number of aromatic nitrogens is 1. The minimum atomic E-state index is -0.407. The Balaban J connectivity index is 1.64. The zero-order chi connectivity index (χ0) is 20.1. The molecule has 0 unspecified atom stereocenters. The molecule has 7 heteroatoms. The highest BCUT2D eigenvalue weighted by Crippen LogP contribution is 2.23. The molecule has 5 nitrogen and oxygen atoms in total. The number of hydrogen-bond acceptors (Lipinski definition) is 3. The lowest BCUT2D eigenvalue weighted by molar-refractivity contribution is -0.123. The topological polar surface area (TPSA) is 55.6 Å². The van der Waals surface area contributed by atoms with Gasteiger partial charge in [0.25, 0.3) is 5.91 Å².